The minimum atomic E-state index is -0.759. The van der Waals surface area contributed by atoms with Gasteiger partial charge in [0.25, 0.3) is 5.91 Å². The van der Waals surface area contributed by atoms with Crippen LogP contribution in [0.1, 0.15) is 37.0 Å². The van der Waals surface area contributed by atoms with Crippen LogP contribution in [-0.4, -0.2) is 35.4 Å². The van der Waals surface area contributed by atoms with E-state index in [9.17, 15) is 14.0 Å². The number of ether oxygens (including phenoxy) is 1. The predicted octanol–water partition coefficient (Wildman–Crippen LogP) is 5.07. The Morgan fingerprint density at radius 2 is 1.69 bits per heavy atom. The molecule has 0 radical (unpaired) electrons. The minimum Gasteiger partial charge on any atom is -0.484 e. The van der Waals surface area contributed by atoms with Gasteiger partial charge in [0.2, 0.25) is 5.91 Å². The third-order valence-electron chi connectivity index (χ3n) is 5.89. The van der Waals surface area contributed by atoms with Crippen LogP contribution in [0.25, 0.3) is 0 Å². The molecule has 6 heteroatoms. The van der Waals surface area contributed by atoms with Crippen molar-refractivity contribution >= 4 is 11.8 Å². The molecule has 0 aliphatic heterocycles. The van der Waals surface area contributed by atoms with E-state index in [1.165, 1.54) is 17.0 Å². The van der Waals surface area contributed by atoms with Gasteiger partial charge in [-0.2, -0.15) is 0 Å². The highest BCUT2D eigenvalue weighted by Gasteiger charge is 2.31. The molecule has 0 heterocycles. The van der Waals surface area contributed by atoms with Crippen LogP contribution in [0.5, 0.6) is 5.75 Å². The van der Waals surface area contributed by atoms with Crippen LogP contribution in [0.2, 0.25) is 0 Å². The molecular formula is C29H33FN2O3. The summed E-state index contributed by atoms with van der Waals surface area (Å²) in [7, 11) is 0. The number of hydrogen-bond donors (Lipinski definition) is 1. The second kappa shape index (κ2) is 12.7. The largest absolute Gasteiger partial charge is 0.484 e. The van der Waals surface area contributed by atoms with Crippen molar-refractivity contribution in [3.05, 3.63) is 101 Å². The number of benzene rings is 3. The van der Waals surface area contributed by atoms with Crippen molar-refractivity contribution in [1.29, 1.82) is 0 Å². The van der Waals surface area contributed by atoms with Gasteiger partial charge in [0, 0.05) is 19.0 Å². The fourth-order valence-electron chi connectivity index (χ4n) is 3.71. The lowest BCUT2D eigenvalue weighted by Gasteiger charge is -2.32. The molecule has 0 aliphatic rings. The molecule has 0 unspecified atom stereocenters. The summed E-state index contributed by atoms with van der Waals surface area (Å²) in [5.41, 5.74) is 2.69. The number of halogens is 1. The summed E-state index contributed by atoms with van der Waals surface area (Å²) >= 11 is 0. The zero-order chi connectivity index (χ0) is 25.2. The van der Waals surface area contributed by atoms with Crippen LogP contribution in [-0.2, 0) is 22.6 Å². The molecule has 184 valence electrons. The fourth-order valence-corrected chi connectivity index (χ4v) is 3.71. The third-order valence-corrected chi connectivity index (χ3v) is 5.89. The number of carbonyl (C=O) groups is 2. The van der Waals surface area contributed by atoms with Gasteiger partial charge in [-0.3, -0.25) is 9.59 Å². The van der Waals surface area contributed by atoms with E-state index in [1.807, 2.05) is 69.3 Å². The lowest BCUT2D eigenvalue weighted by Crippen LogP contribution is -2.53. The van der Waals surface area contributed by atoms with Crippen molar-refractivity contribution in [2.75, 3.05) is 6.61 Å². The summed E-state index contributed by atoms with van der Waals surface area (Å²) in [6.45, 7) is 5.82. The number of rotatable bonds is 11. The second-order valence-corrected chi connectivity index (χ2v) is 8.78. The van der Waals surface area contributed by atoms with E-state index in [0.29, 0.717) is 12.2 Å². The van der Waals surface area contributed by atoms with Gasteiger partial charge in [-0.05, 0) is 61.2 Å². The molecule has 0 aliphatic carbocycles. The van der Waals surface area contributed by atoms with Crippen LogP contribution < -0.4 is 10.1 Å². The highest BCUT2D eigenvalue weighted by atomic mass is 19.1. The molecular weight excluding hydrogens is 443 g/mol. The van der Waals surface area contributed by atoms with Crippen molar-refractivity contribution in [2.45, 2.75) is 52.2 Å². The SMILES string of the molecule is CC[C@@H](C)NC(=O)[C@@H](Cc1ccccc1)N(Cc1ccc(F)cc1)C(=O)COc1cccc(C)c1. The second-order valence-electron chi connectivity index (χ2n) is 8.78. The van der Waals surface area contributed by atoms with E-state index in [2.05, 4.69) is 5.32 Å². The lowest BCUT2D eigenvalue weighted by atomic mass is 10.0. The van der Waals surface area contributed by atoms with E-state index in [-0.39, 0.29) is 36.8 Å². The van der Waals surface area contributed by atoms with E-state index in [4.69, 9.17) is 4.74 Å². The first kappa shape index (κ1) is 25.9. The number of amides is 2. The molecule has 3 rings (SSSR count). The van der Waals surface area contributed by atoms with Crippen LogP contribution >= 0.6 is 0 Å². The van der Waals surface area contributed by atoms with Crippen molar-refractivity contribution in [2.24, 2.45) is 0 Å². The van der Waals surface area contributed by atoms with Crippen molar-refractivity contribution in [3.63, 3.8) is 0 Å². The van der Waals surface area contributed by atoms with Gasteiger partial charge in [-0.25, -0.2) is 4.39 Å². The third kappa shape index (κ3) is 7.95. The first-order valence-corrected chi connectivity index (χ1v) is 11.9. The number of hydrogen-bond acceptors (Lipinski definition) is 3. The Morgan fingerprint density at radius 3 is 2.34 bits per heavy atom. The number of carbonyl (C=O) groups excluding carboxylic acids is 2. The smallest absolute Gasteiger partial charge is 0.261 e. The first-order chi connectivity index (χ1) is 16.9. The van der Waals surface area contributed by atoms with Gasteiger partial charge in [0.1, 0.15) is 17.6 Å². The Hall–Kier alpha value is -3.67. The molecule has 0 saturated carbocycles. The van der Waals surface area contributed by atoms with Crippen LogP contribution in [0.4, 0.5) is 4.39 Å². The number of nitrogens with zero attached hydrogens (tertiary/aromatic N) is 1. The van der Waals surface area contributed by atoms with Gasteiger partial charge < -0.3 is 15.0 Å². The summed E-state index contributed by atoms with van der Waals surface area (Å²) in [5, 5.41) is 3.03. The summed E-state index contributed by atoms with van der Waals surface area (Å²) in [4.78, 5) is 28.5. The first-order valence-electron chi connectivity index (χ1n) is 11.9. The molecule has 0 saturated heterocycles. The minimum absolute atomic E-state index is 0.0351. The lowest BCUT2D eigenvalue weighted by molar-refractivity contribution is -0.143. The van der Waals surface area contributed by atoms with E-state index in [0.717, 1.165) is 23.1 Å². The molecule has 0 aromatic heterocycles. The molecule has 3 aromatic carbocycles. The summed E-state index contributed by atoms with van der Waals surface area (Å²) in [5.74, 6) is -0.321. The highest BCUT2D eigenvalue weighted by molar-refractivity contribution is 5.88. The predicted molar refractivity (Wildman–Crippen MR) is 135 cm³/mol. The van der Waals surface area contributed by atoms with Crippen molar-refractivity contribution < 1.29 is 18.7 Å². The summed E-state index contributed by atoms with van der Waals surface area (Å²) < 4.78 is 19.3. The summed E-state index contributed by atoms with van der Waals surface area (Å²) in [6, 6.07) is 22.2. The topological polar surface area (TPSA) is 58.6 Å². The van der Waals surface area contributed by atoms with Gasteiger partial charge >= 0.3 is 0 Å². The fraction of sp³-hybridized carbons (Fsp3) is 0.310. The Kier molecular flexibility index (Phi) is 9.41. The molecule has 2 atom stereocenters. The Labute approximate surface area is 206 Å². The molecule has 5 nitrogen and oxygen atoms in total. The van der Waals surface area contributed by atoms with Crippen LogP contribution in [0.3, 0.4) is 0 Å². The quantitative estimate of drug-likeness (QED) is 0.421. The van der Waals surface area contributed by atoms with Crippen LogP contribution in [0.15, 0.2) is 78.9 Å². The molecule has 0 spiro atoms. The van der Waals surface area contributed by atoms with E-state index >= 15 is 0 Å². The summed E-state index contributed by atoms with van der Waals surface area (Å²) in [6.07, 6.45) is 1.12. The van der Waals surface area contributed by atoms with Crippen LogP contribution in [0, 0.1) is 12.7 Å². The highest BCUT2D eigenvalue weighted by Crippen LogP contribution is 2.17. The van der Waals surface area contributed by atoms with E-state index < -0.39 is 6.04 Å². The molecule has 0 bridgehead atoms. The number of aryl methyl sites for hydroxylation is 1. The standard InChI is InChI=1S/C29H33FN2O3/c1-4-22(3)31-29(34)27(18-23-10-6-5-7-11-23)32(19-24-13-15-25(30)16-14-24)28(33)20-35-26-12-8-9-21(2)17-26/h5-17,22,27H,4,18-20H2,1-3H3,(H,31,34)/t22-,27-/m1/s1. The molecule has 3 aromatic rings. The maximum absolute atomic E-state index is 13.5. The van der Waals surface area contributed by atoms with Gasteiger partial charge in [-0.15, -0.1) is 0 Å². The zero-order valence-corrected chi connectivity index (χ0v) is 20.5. The van der Waals surface area contributed by atoms with Crippen molar-refractivity contribution in [3.8, 4) is 5.75 Å². The van der Waals surface area contributed by atoms with Crippen molar-refractivity contribution in [1.82, 2.24) is 10.2 Å². The Balaban J connectivity index is 1.90. The monoisotopic (exact) mass is 476 g/mol. The Bertz CT molecular complexity index is 1100. The van der Waals surface area contributed by atoms with E-state index in [1.54, 1.807) is 18.2 Å². The average molecular weight is 477 g/mol. The number of nitrogens with one attached hydrogen (secondary N) is 1. The molecule has 2 amide bonds. The zero-order valence-electron chi connectivity index (χ0n) is 20.5. The molecule has 0 fully saturated rings. The maximum atomic E-state index is 13.5. The average Bonchev–Trinajstić information content (AvgIpc) is 2.86. The molecule has 35 heavy (non-hydrogen) atoms. The normalized spacial score (nSPS) is 12.5. The van der Waals surface area contributed by atoms with Gasteiger partial charge in [0.15, 0.2) is 6.61 Å². The molecule has 1 N–H and O–H groups in total. The Morgan fingerprint density at radius 1 is 0.971 bits per heavy atom. The van der Waals surface area contributed by atoms with Gasteiger partial charge in [-0.1, -0.05) is 61.5 Å². The maximum Gasteiger partial charge on any atom is 0.261 e. The van der Waals surface area contributed by atoms with Gasteiger partial charge in [0.05, 0.1) is 0 Å².